The second-order valence-corrected chi connectivity index (χ2v) is 9.73. The van der Waals surface area contributed by atoms with Crippen molar-refractivity contribution in [2.75, 3.05) is 44.0 Å². The van der Waals surface area contributed by atoms with Crippen LogP contribution in [0.2, 0.25) is 0 Å². The third-order valence-electron chi connectivity index (χ3n) is 5.64. The number of ether oxygens (including phenoxy) is 2. The molecule has 1 heterocycles. The Bertz CT molecular complexity index is 1200. The standard InChI is InChI=1S/C28H37N5O4/c1-7-37-23-11-9-8-10-22(23)29-27(35)32(16-17-36-6)19-26(34)30-25-18-24(28(3,4)5)31-33(25)21-14-12-20(2)13-15-21/h8-15,18H,7,16-17,19H2,1-6H3,(H,29,35)(H,30,34). The van der Waals surface area contributed by atoms with E-state index in [1.54, 1.807) is 23.9 Å². The molecule has 0 aliphatic heterocycles. The lowest BCUT2D eigenvalue weighted by atomic mass is 9.92. The largest absolute Gasteiger partial charge is 0.492 e. The molecular formula is C28H37N5O4. The van der Waals surface area contributed by atoms with Gasteiger partial charge in [0.25, 0.3) is 0 Å². The van der Waals surface area contributed by atoms with E-state index in [4.69, 9.17) is 14.6 Å². The highest BCUT2D eigenvalue weighted by Gasteiger charge is 2.23. The lowest BCUT2D eigenvalue weighted by Crippen LogP contribution is -2.42. The van der Waals surface area contributed by atoms with Crippen LogP contribution in [0.25, 0.3) is 5.69 Å². The van der Waals surface area contributed by atoms with E-state index in [0.717, 1.165) is 16.9 Å². The number of amides is 3. The number of rotatable bonds is 10. The molecule has 0 atom stereocenters. The zero-order valence-electron chi connectivity index (χ0n) is 22.5. The number of nitrogens with zero attached hydrogens (tertiary/aromatic N) is 3. The molecule has 0 bridgehead atoms. The van der Waals surface area contributed by atoms with Crippen molar-refractivity contribution in [3.8, 4) is 11.4 Å². The third-order valence-corrected chi connectivity index (χ3v) is 5.64. The van der Waals surface area contributed by atoms with E-state index in [9.17, 15) is 9.59 Å². The lowest BCUT2D eigenvalue weighted by molar-refractivity contribution is -0.116. The minimum Gasteiger partial charge on any atom is -0.492 e. The summed E-state index contributed by atoms with van der Waals surface area (Å²) in [6.45, 7) is 10.9. The van der Waals surface area contributed by atoms with Gasteiger partial charge < -0.3 is 25.0 Å². The zero-order valence-corrected chi connectivity index (χ0v) is 22.5. The lowest BCUT2D eigenvalue weighted by Gasteiger charge is -2.23. The van der Waals surface area contributed by atoms with Gasteiger partial charge in [0.15, 0.2) is 0 Å². The van der Waals surface area contributed by atoms with Crippen LogP contribution in [0, 0.1) is 6.92 Å². The Labute approximate surface area is 218 Å². The molecule has 0 saturated heterocycles. The van der Waals surface area contributed by atoms with E-state index < -0.39 is 6.03 Å². The predicted octanol–water partition coefficient (Wildman–Crippen LogP) is 5.00. The Kier molecular flexibility index (Phi) is 9.30. The summed E-state index contributed by atoms with van der Waals surface area (Å²) in [6, 6.07) is 16.5. The zero-order chi connectivity index (χ0) is 27.0. The number of carbonyl (C=O) groups is 2. The normalized spacial score (nSPS) is 11.2. The summed E-state index contributed by atoms with van der Waals surface area (Å²) >= 11 is 0. The summed E-state index contributed by atoms with van der Waals surface area (Å²) in [4.78, 5) is 27.7. The minimum atomic E-state index is -0.429. The second kappa shape index (κ2) is 12.4. The van der Waals surface area contributed by atoms with E-state index in [2.05, 4.69) is 31.4 Å². The van der Waals surface area contributed by atoms with Crippen molar-refractivity contribution in [2.45, 2.75) is 40.0 Å². The van der Waals surface area contributed by atoms with Gasteiger partial charge in [-0.3, -0.25) is 4.79 Å². The van der Waals surface area contributed by atoms with Crippen molar-refractivity contribution in [3.63, 3.8) is 0 Å². The second-order valence-electron chi connectivity index (χ2n) is 9.73. The number of benzene rings is 2. The first-order valence-electron chi connectivity index (χ1n) is 12.4. The molecule has 0 unspecified atom stereocenters. The Morgan fingerprint density at radius 1 is 1.05 bits per heavy atom. The van der Waals surface area contributed by atoms with Gasteiger partial charge in [-0.1, -0.05) is 50.6 Å². The summed E-state index contributed by atoms with van der Waals surface area (Å²) in [7, 11) is 1.55. The number of urea groups is 1. The van der Waals surface area contributed by atoms with Gasteiger partial charge in [0.05, 0.1) is 30.3 Å². The van der Waals surface area contributed by atoms with E-state index in [1.165, 1.54) is 4.90 Å². The number of hydrogen-bond acceptors (Lipinski definition) is 5. The van der Waals surface area contributed by atoms with Gasteiger partial charge in [-0.15, -0.1) is 0 Å². The van der Waals surface area contributed by atoms with Crippen LogP contribution >= 0.6 is 0 Å². The average molecular weight is 508 g/mol. The Morgan fingerprint density at radius 3 is 2.41 bits per heavy atom. The molecule has 2 aromatic carbocycles. The summed E-state index contributed by atoms with van der Waals surface area (Å²) < 4.78 is 12.5. The maximum atomic E-state index is 13.2. The van der Waals surface area contributed by atoms with Gasteiger partial charge in [0.2, 0.25) is 5.91 Å². The first kappa shape index (κ1) is 27.7. The van der Waals surface area contributed by atoms with Crippen LogP contribution in [-0.4, -0.2) is 60.0 Å². The molecule has 3 amide bonds. The molecule has 3 aromatic rings. The van der Waals surface area contributed by atoms with Crippen molar-refractivity contribution >= 4 is 23.4 Å². The maximum absolute atomic E-state index is 13.2. The molecule has 9 heteroatoms. The first-order valence-corrected chi connectivity index (χ1v) is 12.4. The number of nitrogens with one attached hydrogen (secondary N) is 2. The highest BCUT2D eigenvalue weighted by Crippen LogP contribution is 2.27. The van der Waals surface area contributed by atoms with Crippen LogP contribution in [0.1, 0.15) is 39.0 Å². The number of para-hydroxylation sites is 2. The fourth-order valence-electron chi connectivity index (χ4n) is 3.57. The minimum absolute atomic E-state index is 0.171. The molecule has 3 rings (SSSR count). The number of carbonyl (C=O) groups excluding carboxylic acids is 2. The van der Waals surface area contributed by atoms with Crippen molar-refractivity contribution in [3.05, 3.63) is 65.9 Å². The molecule has 198 valence electrons. The Balaban J connectivity index is 1.80. The number of aryl methyl sites for hydroxylation is 1. The highest BCUT2D eigenvalue weighted by atomic mass is 16.5. The van der Waals surface area contributed by atoms with Gasteiger partial charge >= 0.3 is 6.03 Å². The number of aromatic nitrogens is 2. The Morgan fingerprint density at radius 2 is 1.76 bits per heavy atom. The fraction of sp³-hybridized carbons (Fsp3) is 0.393. The van der Waals surface area contributed by atoms with E-state index in [1.807, 2.05) is 56.3 Å². The SMILES string of the molecule is CCOc1ccccc1NC(=O)N(CCOC)CC(=O)Nc1cc(C(C)(C)C)nn1-c1ccc(C)cc1. The quantitative estimate of drug-likeness (QED) is 0.403. The van der Waals surface area contributed by atoms with E-state index in [0.29, 0.717) is 23.9 Å². The van der Waals surface area contributed by atoms with Crippen LogP contribution in [0.5, 0.6) is 5.75 Å². The van der Waals surface area contributed by atoms with Crippen LogP contribution in [0.15, 0.2) is 54.6 Å². The molecule has 0 saturated carbocycles. The number of methoxy groups -OCH3 is 1. The molecule has 37 heavy (non-hydrogen) atoms. The molecule has 9 nitrogen and oxygen atoms in total. The topological polar surface area (TPSA) is 97.7 Å². The van der Waals surface area contributed by atoms with E-state index in [-0.39, 0.29) is 31.0 Å². The average Bonchev–Trinajstić information content (AvgIpc) is 3.27. The van der Waals surface area contributed by atoms with Gasteiger partial charge in [-0.25, -0.2) is 9.48 Å². The Hall–Kier alpha value is -3.85. The summed E-state index contributed by atoms with van der Waals surface area (Å²) in [5.41, 5.74) is 3.11. The predicted molar refractivity (Wildman–Crippen MR) is 146 cm³/mol. The van der Waals surface area contributed by atoms with Gasteiger partial charge in [-0.05, 0) is 38.1 Å². The van der Waals surface area contributed by atoms with Crippen LogP contribution in [-0.2, 0) is 14.9 Å². The maximum Gasteiger partial charge on any atom is 0.322 e. The molecular weight excluding hydrogens is 470 g/mol. The molecule has 0 spiro atoms. The molecule has 2 N–H and O–H groups in total. The van der Waals surface area contributed by atoms with Crippen molar-refractivity contribution < 1.29 is 19.1 Å². The van der Waals surface area contributed by atoms with Crippen LogP contribution in [0.4, 0.5) is 16.3 Å². The monoisotopic (exact) mass is 507 g/mol. The van der Waals surface area contributed by atoms with E-state index >= 15 is 0 Å². The van der Waals surface area contributed by atoms with Crippen LogP contribution < -0.4 is 15.4 Å². The molecule has 0 radical (unpaired) electrons. The van der Waals surface area contributed by atoms with Gasteiger partial charge in [-0.2, -0.15) is 5.10 Å². The van der Waals surface area contributed by atoms with Crippen molar-refractivity contribution in [1.29, 1.82) is 0 Å². The summed E-state index contributed by atoms with van der Waals surface area (Å²) in [5, 5.41) is 10.6. The molecule has 0 fully saturated rings. The summed E-state index contributed by atoms with van der Waals surface area (Å²) in [6.07, 6.45) is 0. The fourth-order valence-corrected chi connectivity index (χ4v) is 3.57. The summed E-state index contributed by atoms with van der Waals surface area (Å²) in [5.74, 6) is 0.747. The van der Waals surface area contributed by atoms with Gasteiger partial charge in [0, 0.05) is 25.1 Å². The highest BCUT2D eigenvalue weighted by molar-refractivity contribution is 5.97. The third kappa shape index (κ3) is 7.57. The molecule has 0 aliphatic rings. The number of hydrogen-bond donors (Lipinski definition) is 2. The van der Waals surface area contributed by atoms with Gasteiger partial charge in [0.1, 0.15) is 18.1 Å². The molecule has 1 aromatic heterocycles. The van der Waals surface area contributed by atoms with Crippen LogP contribution in [0.3, 0.4) is 0 Å². The van der Waals surface area contributed by atoms with Crippen molar-refractivity contribution in [2.24, 2.45) is 0 Å². The smallest absolute Gasteiger partial charge is 0.322 e. The van der Waals surface area contributed by atoms with Crippen molar-refractivity contribution in [1.82, 2.24) is 14.7 Å². The molecule has 0 aliphatic carbocycles. The first-order chi connectivity index (χ1) is 17.6. The number of anilines is 2.